The van der Waals surface area contributed by atoms with Gasteiger partial charge in [-0.2, -0.15) is 0 Å². The molecular weight excluding hydrogens is 370 g/mol. The van der Waals surface area contributed by atoms with E-state index in [-0.39, 0.29) is 24.3 Å². The van der Waals surface area contributed by atoms with Crippen LogP contribution in [0.5, 0.6) is 17.2 Å². The Morgan fingerprint density at radius 1 is 1.10 bits per heavy atom. The first-order valence-corrected chi connectivity index (χ1v) is 9.78. The molecule has 4 rings (SSSR count). The maximum Gasteiger partial charge on any atom is 0.225 e. The summed E-state index contributed by atoms with van der Waals surface area (Å²) in [4.78, 5) is 12.8. The quantitative estimate of drug-likeness (QED) is 0.675. The number of methoxy groups -OCH3 is 1. The number of carbonyl (C=O) groups is 1. The topological polar surface area (TPSA) is 69.9 Å². The Balaban J connectivity index is 1.51. The Morgan fingerprint density at radius 3 is 2.66 bits per heavy atom. The largest absolute Gasteiger partial charge is 0.497 e. The van der Waals surface area contributed by atoms with E-state index < -0.39 is 0 Å². The average molecular weight is 395 g/mol. The molecule has 1 amide bonds. The summed E-state index contributed by atoms with van der Waals surface area (Å²) in [6.07, 6.45) is 1.88. The van der Waals surface area contributed by atoms with Crippen molar-refractivity contribution in [3.05, 3.63) is 53.8 Å². The maximum atomic E-state index is 12.8. The lowest BCUT2D eigenvalue weighted by Gasteiger charge is -2.25. The lowest BCUT2D eigenvalue weighted by Crippen LogP contribution is -2.33. The molecule has 1 aliphatic heterocycles. The molecule has 1 N–H and O–H groups in total. The molecular formula is C23H25NO5. The molecule has 1 unspecified atom stereocenters. The van der Waals surface area contributed by atoms with Gasteiger partial charge in [0.05, 0.1) is 25.8 Å². The number of carbonyl (C=O) groups excluding carboxylic acids is 1. The van der Waals surface area contributed by atoms with E-state index in [0.717, 1.165) is 33.8 Å². The number of amides is 1. The van der Waals surface area contributed by atoms with Crippen LogP contribution in [-0.2, 0) is 11.2 Å². The van der Waals surface area contributed by atoms with Gasteiger partial charge in [-0.15, -0.1) is 0 Å². The highest BCUT2D eigenvalue weighted by Crippen LogP contribution is 2.34. The highest BCUT2D eigenvalue weighted by Gasteiger charge is 2.22. The molecule has 1 atom stereocenters. The molecule has 1 aromatic heterocycles. The normalized spacial score (nSPS) is 14.1. The fraction of sp³-hybridized carbons (Fsp3) is 0.348. The minimum atomic E-state index is -0.128. The summed E-state index contributed by atoms with van der Waals surface area (Å²) >= 11 is 0. The second-order valence-electron chi connectivity index (χ2n) is 7.49. The smallest absolute Gasteiger partial charge is 0.225 e. The van der Waals surface area contributed by atoms with Crippen LogP contribution in [0.2, 0.25) is 0 Å². The van der Waals surface area contributed by atoms with Crippen LogP contribution in [0.1, 0.15) is 31.0 Å². The predicted octanol–water partition coefficient (Wildman–Crippen LogP) is 4.27. The molecule has 0 aliphatic carbocycles. The highest BCUT2D eigenvalue weighted by atomic mass is 16.6. The van der Waals surface area contributed by atoms with Crippen molar-refractivity contribution < 1.29 is 23.4 Å². The molecule has 6 nitrogen and oxygen atoms in total. The Bertz CT molecular complexity index is 1020. The number of fused-ring (bicyclic) bond motifs is 2. The molecule has 0 fully saturated rings. The molecule has 3 aromatic rings. The zero-order valence-corrected chi connectivity index (χ0v) is 16.9. The second kappa shape index (κ2) is 8.07. The van der Waals surface area contributed by atoms with Crippen LogP contribution in [0.4, 0.5) is 0 Å². The van der Waals surface area contributed by atoms with Gasteiger partial charge in [-0.1, -0.05) is 19.9 Å². The van der Waals surface area contributed by atoms with E-state index in [4.69, 9.17) is 18.6 Å². The van der Waals surface area contributed by atoms with Crippen LogP contribution in [0.3, 0.4) is 0 Å². The highest BCUT2D eigenvalue weighted by molar-refractivity contribution is 5.88. The van der Waals surface area contributed by atoms with Crippen LogP contribution < -0.4 is 19.5 Å². The van der Waals surface area contributed by atoms with Gasteiger partial charge in [0.2, 0.25) is 5.91 Å². The van der Waals surface area contributed by atoms with Crippen LogP contribution in [-0.4, -0.2) is 26.2 Å². The Hall–Kier alpha value is -3.15. The van der Waals surface area contributed by atoms with Gasteiger partial charge in [0.1, 0.15) is 24.5 Å². The third-order valence-electron chi connectivity index (χ3n) is 5.12. The summed E-state index contributed by atoms with van der Waals surface area (Å²) in [5.41, 5.74) is 2.56. The summed E-state index contributed by atoms with van der Waals surface area (Å²) < 4.78 is 22.1. The Labute approximate surface area is 169 Å². The summed E-state index contributed by atoms with van der Waals surface area (Å²) in [6.45, 7) is 5.26. The Morgan fingerprint density at radius 2 is 1.90 bits per heavy atom. The standard InChI is InChI=1S/C23H25NO5/c1-14(2)23(15-4-7-19-21(10-15)28-9-8-27-19)24-22(25)11-16-13-29-20-12-17(26-3)5-6-18(16)20/h4-7,10,12-14,23H,8-9,11H2,1-3H3,(H,24,25). The summed E-state index contributed by atoms with van der Waals surface area (Å²) in [6, 6.07) is 11.3. The molecule has 1 aliphatic rings. The van der Waals surface area contributed by atoms with Crippen molar-refractivity contribution in [3.63, 3.8) is 0 Å². The second-order valence-corrected chi connectivity index (χ2v) is 7.49. The van der Waals surface area contributed by atoms with Gasteiger partial charge in [-0.3, -0.25) is 4.79 Å². The lowest BCUT2D eigenvalue weighted by atomic mass is 9.95. The van der Waals surface area contributed by atoms with Gasteiger partial charge in [-0.05, 0) is 35.7 Å². The molecule has 0 spiro atoms. The Kier molecular flexibility index (Phi) is 5.34. The first-order chi connectivity index (χ1) is 14.0. The molecule has 152 valence electrons. The SMILES string of the molecule is COc1ccc2c(CC(=O)NC(c3ccc4c(c3)OCCO4)C(C)C)coc2c1. The first-order valence-electron chi connectivity index (χ1n) is 9.78. The van der Waals surface area contributed by atoms with Gasteiger partial charge in [-0.25, -0.2) is 0 Å². The molecule has 0 saturated carbocycles. The van der Waals surface area contributed by atoms with Gasteiger partial charge >= 0.3 is 0 Å². The number of hydrogen-bond donors (Lipinski definition) is 1. The van der Waals surface area contributed by atoms with E-state index in [0.29, 0.717) is 18.8 Å². The van der Waals surface area contributed by atoms with Crippen LogP contribution in [0, 0.1) is 5.92 Å². The van der Waals surface area contributed by atoms with Crippen molar-refractivity contribution in [2.75, 3.05) is 20.3 Å². The summed E-state index contributed by atoms with van der Waals surface area (Å²) in [5.74, 6) is 2.35. The van der Waals surface area contributed by atoms with E-state index in [1.165, 1.54) is 0 Å². The van der Waals surface area contributed by atoms with E-state index in [1.54, 1.807) is 13.4 Å². The van der Waals surface area contributed by atoms with E-state index in [1.807, 2.05) is 36.4 Å². The van der Waals surface area contributed by atoms with Gasteiger partial charge < -0.3 is 23.9 Å². The number of benzene rings is 2. The number of hydrogen-bond acceptors (Lipinski definition) is 5. The zero-order valence-electron chi connectivity index (χ0n) is 16.9. The molecule has 0 bridgehead atoms. The van der Waals surface area contributed by atoms with E-state index >= 15 is 0 Å². The predicted molar refractivity (Wildman–Crippen MR) is 110 cm³/mol. The van der Waals surface area contributed by atoms with Crippen molar-refractivity contribution in [1.29, 1.82) is 0 Å². The number of rotatable bonds is 6. The third kappa shape index (κ3) is 4.01. The van der Waals surface area contributed by atoms with Crippen LogP contribution in [0.25, 0.3) is 11.0 Å². The number of furan rings is 1. The monoisotopic (exact) mass is 395 g/mol. The molecule has 2 aromatic carbocycles. The number of nitrogens with one attached hydrogen (secondary N) is 1. The molecule has 0 radical (unpaired) electrons. The van der Waals surface area contributed by atoms with E-state index in [2.05, 4.69) is 19.2 Å². The average Bonchev–Trinajstić information content (AvgIpc) is 3.13. The zero-order chi connectivity index (χ0) is 20.4. The van der Waals surface area contributed by atoms with Crippen molar-refractivity contribution in [2.45, 2.75) is 26.3 Å². The van der Waals surface area contributed by atoms with Gasteiger partial charge in [0, 0.05) is 17.0 Å². The van der Waals surface area contributed by atoms with Crippen molar-refractivity contribution in [1.82, 2.24) is 5.32 Å². The molecule has 0 saturated heterocycles. The fourth-order valence-electron chi connectivity index (χ4n) is 3.61. The third-order valence-corrected chi connectivity index (χ3v) is 5.12. The fourth-order valence-corrected chi connectivity index (χ4v) is 3.61. The van der Waals surface area contributed by atoms with E-state index in [9.17, 15) is 4.79 Å². The number of ether oxygens (including phenoxy) is 3. The lowest BCUT2D eigenvalue weighted by molar-refractivity contribution is -0.121. The molecule has 29 heavy (non-hydrogen) atoms. The minimum absolute atomic E-state index is 0.0582. The van der Waals surface area contributed by atoms with Crippen LogP contribution >= 0.6 is 0 Å². The first kappa shape index (κ1) is 19.2. The van der Waals surface area contributed by atoms with Crippen LogP contribution in [0.15, 0.2) is 47.1 Å². The minimum Gasteiger partial charge on any atom is -0.497 e. The maximum absolute atomic E-state index is 12.8. The van der Waals surface area contributed by atoms with Crippen molar-refractivity contribution in [2.24, 2.45) is 5.92 Å². The summed E-state index contributed by atoms with van der Waals surface area (Å²) in [7, 11) is 1.61. The van der Waals surface area contributed by atoms with Crippen molar-refractivity contribution in [3.8, 4) is 17.2 Å². The van der Waals surface area contributed by atoms with Crippen molar-refractivity contribution >= 4 is 16.9 Å². The van der Waals surface area contributed by atoms with Gasteiger partial charge in [0.15, 0.2) is 11.5 Å². The van der Waals surface area contributed by atoms with Gasteiger partial charge in [0.25, 0.3) is 0 Å². The molecule has 2 heterocycles. The summed E-state index contributed by atoms with van der Waals surface area (Å²) in [5, 5.41) is 4.08. The molecule has 6 heteroatoms.